The fraction of sp³-hybridized carbons (Fsp3) is 0.263. The Morgan fingerprint density at radius 3 is 2.68 bits per heavy atom. The molecule has 0 bridgehead atoms. The highest BCUT2D eigenvalue weighted by Crippen LogP contribution is 2.29. The molecule has 1 aliphatic rings. The number of nitrogens with zero attached hydrogens (tertiary/aromatic N) is 3. The van der Waals surface area contributed by atoms with Crippen molar-refractivity contribution in [3.05, 3.63) is 65.2 Å². The third kappa shape index (κ3) is 4.93. The molecule has 1 aromatic carbocycles. The molecule has 0 atom stereocenters. The molecule has 0 saturated heterocycles. The van der Waals surface area contributed by atoms with Gasteiger partial charge in [0.05, 0.1) is 24.3 Å². The van der Waals surface area contributed by atoms with Gasteiger partial charge in [-0.05, 0) is 35.8 Å². The lowest BCUT2D eigenvalue weighted by atomic mass is 10.1. The number of carbonyl (C=O) groups excluding carboxylic acids is 2. The first-order valence-electron chi connectivity index (χ1n) is 8.51. The third-order valence-corrected chi connectivity index (χ3v) is 4.30. The summed E-state index contributed by atoms with van der Waals surface area (Å²) in [5.41, 5.74) is 1.49. The van der Waals surface area contributed by atoms with Crippen molar-refractivity contribution in [2.24, 2.45) is 0 Å². The van der Waals surface area contributed by atoms with Gasteiger partial charge in [-0.2, -0.15) is 13.2 Å². The molecule has 1 N–H and O–H groups in total. The zero-order valence-electron chi connectivity index (χ0n) is 14.7. The van der Waals surface area contributed by atoms with Crippen LogP contribution in [0.5, 0.6) is 0 Å². The summed E-state index contributed by atoms with van der Waals surface area (Å²) in [6, 6.07) is 4.42. The molecule has 2 amide bonds. The van der Waals surface area contributed by atoms with E-state index in [1.165, 1.54) is 30.6 Å². The maximum Gasteiger partial charge on any atom is 0.416 e. The highest BCUT2D eigenvalue weighted by molar-refractivity contribution is 5.94. The van der Waals surface area contributed by atoms with Crippen molar-refractivity contribution in [3.63, 3.8) is 0 Å². The maximum atomic E-state index is 12.5. The van der Waals surface area contributed by atoms with Crippen LogP contribution in [0.1, 0.15) is 22.4 Å². The summed E-state index contributed by atoms with van der Waals surface area (Å²) >= 11 is 0. The second-order valence-corrected chi connectivity index (χ2v) is 6.23. The summed E-state index contributed by atoms with van der Waals surface area (Å²) in [4.78, 5) is 33.8. The molecule has 2 aromatic rings. The highest BCUT2D eigenvalue weighted by Gasteiger charge is 2.29. The standard InChI is InChI=1S/C19H17F3N4O2/c20-19(21,22)15-4-1-13(2-5-15)3-6-17(27)24-10-18(28)26-8-7-14-9-23-12-25-16(14)11-26/h1-6,9,12H,7-8,10-11H2,(H,24,27)/b6-3+. The van der Waals surface area contributed by atoms with Gasteiger partial charge >= 0.3 is 6.18 Å². The van der Waals surface area contributed by atoms with Crippen molar-refractivity contribution < 1.29 is 22.8 Å². The summed E-state index contributed by atoms with van der Waals surface area (Å²) in [6.45, 7) is 0.723. The number of fused-ring (bicyclic) bond motifs is 1. The van der Waals surface area contributed by atoms with Crippen LogP contribution >= 0.6 is 0 Å². The summed E-state index contributed by atoms with van der Waals surface area (Å²) in [5, 5.41) is 2.48. The number of halogens is 3. The van der Waals surface area contributed by atoms with Gasteiger partial charge in [0.1, 0.15) is 6.33 Å². The second-order valence-electron chi connectivity index (χ2n) is 6.23. The van der Waals surface area contributed by atoms with Gasteiger partial charge in [0.25, 0.3) is 0 Å². The van der Waals surface area contributed by atoms with Crippen molar-refractivity contribution >= 4 is 17.9 Å². The third-order valence-electron chi connectivity index (χ3n) is 4.30. The van der Waals surface area contributed by atoms with Crippen molar-refractivity contribution in [2.75, 3.05) is 13.1 Å². The predicted molar refractivity (Wildman–Crippen MR) is 94.6 cm³/mol. The molecule has 0 saturated carbocycles. The van der Waals surface area contributed by atoms with E-state index in [2.05, 4.69) is 15.3 Å². The number of carbonyl (C=O) groups is 2. The van der Waals surface area contributed by atoms with E-state index in [4.69, 9.17) is 0 Å². The Morgan fingerprint density at radius 1 is 1.21 bits per heavy atom. The fourth-order valence-corrected chi connectivity index (χ4v) is 2.75. The molecule has 0 spiro atoms. The van der Waals surface area contributed by atoms with Gasteiger partial charge in [0.2, 0.25) is 11.8 Å². The predicted octanol–water partition coefficient (Wildman–Crippen LogP) is 2.21. The summed E-state index contributed by atoms with van der Waals surface area (Å²) < 4.78 is 37.6. The Kier molecular flexibility index (Phi) is 5.72. The maximum absolute atomic E-state index is 12.5. The summed E-state index contributed by atoms with van der Waals surface area (Å²) in [6.07, 6.45) is 1.98. The number of alkyl halides is 3. The molecule has 3 rings (SSSR count). The second kappa shape index (κ2) is 8.20. The normalized spacial score (nSPS) is 14.0. The number of hydrogen-bond acceptors (Lipinski definition) is 4. The monoisotopic (exact) mass is 390 g/mol. The minimum atomic E-state index is -4.40. The quantitative estimate of drug-likeness (QED) is 0.813. The van der Waals surface area contributed by atoms with Gasteiger partial charge in [-0.15, -0.1) is 0 Å². The molecule has 0 aliphatic carbocycles. The fourth-order valence-electron chi connectivity index (χ4n) is 2.75. The molecule has 0 radical (unpaired) electrons. The molecular weight excluding hydrogens is 373 g/mol. The molecule has 1 aliphatic heterocycles. The average Bonchev–Trinajstić information content (AvgIpc) is 2.69. The molecule has 9 heteroatoms. The minimum Gasteiger partial charge on any atom is -0.343 e. The van der Waals surface area contributed by atoms with Crippen molar-refractivity contribution in [1.29, 1.82) is 0 Å². The van der Waals surface area contributed by atoms with Crippen molar-refractivity contribution in [2.45, 2.75) is 19.1 Å². The Hall–Kier alpha value is -3.23. The van der Waals surface area contributed by atoms with Crippen LogP contribution in [0.15, 0.2) is 42.9 Å². The van der Waals surface area contributed by atoms with E-state index in [0.717, 1.165) is 23.4 Å². The van der Waals surface area contributed by atoms with Crippen molar-refractivity contribution in [3.8, 4) is 0 Å². The smallest absolute Gasteiger partial charge is 0.343 e. The summed E-state index contributed by atoms with van der Waals surface area (Å²) in [5.74, 6) is -0.742. The number of amides is 2. The van der Waals surface area contributed by atoms with Crippen LogP contribution in [0.25, 0.3) is 6.08 Å². The summed E-state index contributed by atoms with van der Waals surface area (Å²) in [7, 11) is 0. The van der Waals surface area contributed by atoms with E-state index >= 15 is 0 Å². The molecule has 146 valence electrons. The lowest BCUT2D eigenvalue weighted by Crippen LogP contribution is -2.42. The number of rotatable bonds is 4. The highest BCUT2D eigenvalue weighted by atomic mass is 19.4. The van der Waals surface area contributed by atoms with Crippen LogP contribution in [0.2, 0.25) is 0 Å². The van der Waals surface area contributed by atoms with E-state index in [9.17, 15) is 22.8 Å². The first-order chi connectivity index (χ1) is 13.3. The van der Waals surface area contributed by atoms with Crippen LogP contribution in [0, 0.1) is 0 Å². The van der Waals surface area contributed by atoms with E-state index in [1.54, 1.807) is 11.1 Å². The number of hydrogen-bond donors (Lipinski definition) is 1. The van der Waals surface area contributed by atoms with Crippen LogP contribution < -0.4 is 5.32 Å². The topological polar surface area (TPSA) is 75.2 Å². The SMILES string of the molecule is O=C(/C=C/c1ccc(C(F)(F)F)cc1)NCC(=O)N1CCc2cncnc2C1. The minimum absolute atomic E-state index is 0.170. The first kappa shape index (κ1) is 19.5. The van der Waals surface area contributed by atoms with Gasteiger partial charge in [-0.1, -0.05) is 12.1 Å². The molecule has 0 fully saturated rings. The Balaban J connectivity index is 1.49. The van der Waals surface area contributed by atoms with Crippen molar-refractivity contribution in [1.82, 2.24) is 20.2 Å². The van der Waals surface area contributed by atoms with Gasteiger partial charge in [0.15, 0.2) is 0 Å². The van der Waals surface area contributed by atoms with Crippen LogP contribution in [-0.2, 0) is 28.7 Å². The average molecular weight is 390 g/mol. The van der Waals surface area contributed by atoms with E-state index in [-0.39, 0.29) is 12.5 Å². The van der Waals surface area contributed by atoms with Gasteiger partial charge < -0.3 is 10.2 Å². The van der Waals surface area contributed by atoms with Crippen LogP contribution in [0.4, 0.5) is 13.2 Å². The van der Waals surface area contributed by atoms with Gasteiger partial charge in [-0.3, -0.25) is 9.59 Å². The molecule has 1 aromatic heterocycles. The van der Waals surface area contributed by atoms with E-state index < -0.39 is 17.6 Å². The number of nitrogens with one attached hydrogen (secondary N) is 1. The largest absolute Gasteiger partial charge is 0.416 e. The lowest BCUT2D eigenvalue weighted by molar-refractivity contribution is -0.137. The molecular formula is C19H17F3N4O2. The molecule has 6 nitrogen and oxygen atoms in total. The van der Waals surface area contributed by atoms with Crippen LogP contribution in [-0.4, -0.2) is 39.8 Å². The van der Waals surface area contributed by atoms with Crippen LogP contribution in [0.3, 0.4) is 0 Å². The number of benzene rings is 1. The number of aromatic nitrogens is 2. The Bertz CT molecular complexity index is 895. The zero-order valence-corrected chi connectivity index (χ0v) is 14.7. The van der Waals surface area contributed by atoms with E-state index in [1.807, 2.05) is 0 Å². The zero-order chi connectivity index (χ0) is 20.1. The Labute approximate surface area is 159 Å². The van der Waals surface area contributed by atoms with E-state index in [0.29, 0.717) is 25.1 Å². The molecule has 0 unspecified atom stereocenters. The Morgan fingerprint density at radius 2 is 1.96 bits per heavy atom. The first-order valence-corrected chi connectivity index (χ1v) is 8.51. The molecule has 28 heavy (non-hydrogen) atoms. The van der Waals surface area contributed by atoms with Gasteiger partial charge in [-0.25, -0.2) is 9.97 Å². The lowest BCUT2D eigenvalue weighted by Gasteiger charge is -2.27. The molecule has 2 heterocycles. The van der Waals surface area contributed by atoms with Gasteiger partial charge in [0, 0.05) is 18.8 Å².